The molecule has 0 saturated heterocycles. The minimum atomic E-state index is -0.200. The average Bonchev–Trinajstić information content (AvgIpc) is 2.82. The minimum Gasteiger partial charge on any atom is -0.342 e. The summed E-state index contributed by atoms with van der Waals surface area (Å²) in [7, 11) is 0. The molecule has 2 N–H and O–H groups in total. The van der Waals surface area contributed by atoms with Crippen LogP contribution in [-0.4, -0.2) is 21.1 Å². The molecule has 5 nitrogen and oxygen atoms in total. The SMILES string of the molecule is CC(C)C(NC(=O)c1[nH]ncc1Br)c1ccccn1. The van der Waals surface area contributed by atoms with Crippen molar-refractivity contribution in [3.05, 3.63) is 46.5 Å². The van der Waals surface area contributed by atoms with Gasteiger partial charge in [-0.15, -0.1) is 0 Å². The molecule has 1 unspecified atom stereocenters. The van der Waals surface area contributed by atoms with Crippen molar-refractivity contribution in [2.45, 2.75) is 19.9 Å². The predicted molar refractivity (Wildman–Crippen MR) is 75.6 cm³/mol. The number of nitrogens with zero attached hydrogens (tertiary/aromatic N) is 2. The van der Waals surface area contributed by atoms with Crippen LogP contribution in [0.4, 0.5) is 0 Å². The maximum Gasteiger partial charge on any atom is 0.271 e. The highest BCUT2D eigenvalue weighted by atomic mass is 79.9. The number of halogens is 1. The first-order valence-electron chi connectivity index (χ1n) is 6.00. The molecular formula is C13H15BrN4O. The Morgan fingerprint density at radius 3 is 2.74 bits per heavy atom. The monoisotopic (exact) mass is 322 g/mol. The van der Waals surface area contributed by atoms with Crippen LogP contribution in [0.15, 0.2) is 35.1 Å². The molecule has 0 aliphatic heterocycles. The molecule has 0 aliphatic rings. The van der Waals surface area contributed by atoms with Crippen molar-refractivity contribution in [2.75, 3.05) is 0 Å². The van der Waals surface area contributed by atoms with Gasteiger partial charge in [-0.2, -0.15) is 5.10 Å². The van der Waals surface area contributed by atoms with Crippen molar-refractivity contribution in [1.82, 2.24) is 20.5 Å². The van der Waals surface area contributed by atoms with Crippen LogP contribution < -0.4 is 5.32 Å². The Morgan fingerprint density at radius 1 is 1.42 bits per heavy atom. The number of hydrogen-bond donors (Lipinski definition) is 2. The Kier molecular flexibility index (Phi) is 4.31. The van der Waals surface area contributed by atoms with Gasteiger partial charge in [0.2, 0.25) is 0 Å². The number of H-pyrrole nitrogens is 1. The van der Waals surface area contributed by atoms with Crippen LogP contribution >= 0.6 is 15.9 Å². The molecule has 2 aromatic heterocycles. The molecule has 2 rings (SSSR count). The van der Waals surface area contributed by atoms with Crippen molar-refractivity contribution >= 4 is 21.8 Å². The van der Waals surface area contributed by atoms with E-state index in [0.717, 1.165) is 5.69 Å². The standard InChI is InChI=1S/C13H15BrN4O/c1-8(2)11(10-5-3-4-6-15-10)17-13(19)12-9(14)7-16-18-12/h3-8,11H,1-2H3,(H,16,18)(H,17,19). The van der Waals surface area contributed by atoms with Crippen molar-refractivity contribution in [3.63, 3.8) is 0 Å². The van der Waals surface area contributed by atoms with Crippen LogP contribution in [0.5, 0.6) is 0 Å². The molecule has 1 amide bonds. The highest BCUT2D eigenvalue weighted by Crippen LogP contribution is 2.21. The second kappa shape index (κ2) is 5.97. The number of aromatic nitrogens is 3. The number of hydrogen-bond acceptors (Lipinski definition) is 3. The summed E-state index contributed by atoms with van der Waals surface area (Å²) in [6.07, 6.45) is 3.28. The lowest BCUT2D eigenvalue weighted by Gasteiger charge is -2.21. The van der Waals surface area contributed by atoms with E-state index in [1.807, 2.05) is 32.0 Å². The lowest BCUT2D eigenvalue weighted by molar-refractivity contribution is 0.0918. The molecule has 0 aliphatic carbocycles. The number of amides is 1. The maximum atomic E-state index is 12.2. The maximum absolute atomic E-state index is 12.2. The summed E-state index contributed by atoms with van der Waals surface area (Å²) < 4.78 is 0.647. The lowest BCUT2D eigenvalue weighted by Crippen LogP contribution is -2.32. The molecule has 0 fully saturated rings. The lowest BCUT2D eigenvalue weighted by atomic mass is 10.00. The van der Waals surface area contributed by atoms with Gasteiger partial charge in [-0.3, -0.25) is 14.9 Å². The first-order valence-corrected chi connectivity index (χ1v) is 6.79. The van der Waals surface area contributed by atoms with Crippen molar-refractivity contribution < 1.29 is 4.79 Å². The molecule has 0 radical (unpaired) electrons. The summed E-state index contributed by atoms with van der Waals surface area (Å²) >= 11 is 3.28. The summed E-state index contributed by atoms with van der Waals surface area (Å²) in [5.41, 5.74) is 1.27. The molecule has 100 valence electrons. The van der Waals surface area contributed by atoms with E-state index in [4.69, 9.17) is 0 Å². The molecular weight excluding hydrogens is 308 g/mol. The van der Waals surface area contributed by atoms with Gasteiger partial charge in [-0.05, 0) is 34.0 Å². The first kappa shape index (κ1) is 13.7. The van der Waals surface area contributed by atoms with Gasteiger partial charge in [0.25, 0.3) is 5.91 Å². The van der Waals surface area contributed by atoms with E-state index in [2.05, 4.69) is 36.4 Å². The van der Waals surface area contributed by atoms with E-state index < -0.39 is 0 Å². The van der Waals surface area contributed by atoms with Gasteiger partial charge >= 0.3 is 0 Å². The number of aromatic amines is 1. The normalized spacial score (nSPS) is 12.4. The van der Waals surface area contributed by atoms with Gasteiger partial charge in [0, 0.05) is 6.20 Å². The fraction of sp³-hybridized carbons (Fsp3) is 0.308. The summed E-state index contributed by atoms with van der Waals surface area (Å²) in [6, 6.07) is 5.54. The number of carbonyl (C=O) groups is 1. The van der Waals surface area contributed by atoms with Gasteiger partial charge < -0.3 is 5.32 Å². The van der Waals surface area contributed by atoms with E-state index >= 15 is 0 Å². The molecule has 1 atom stereocenters. The van der Waals surface area contributed by atoms with Crippen LogP contribution in [-0.2, 0) is 0 Å². The largest absolute Gasteiger partial charge is 0.342 e. The third-order valence-corrected chi connectivity index (χ3v) is 3.38. The van der Waals surface area contributed by atoms with Crippen LogP contribution in [0.25, 0.3) is 0 Å². The third-order valence-electron chi connectivity index (χ3n) is 2.78. The summed E-state index contributed by atoms with van der Waals surface area (Å²) in [4.78, 5) is 16.5. The number of pyridine rings is 1. The fourth-order valence-electron chi connectivity index (χ4n) is 1.79. The van der Waals surface area contributed by atoms with Crippen molar-refractivity contribution in [1.29, 1.82) is 0 Å². The smallest absolute Gasteiger partial charge is 0.271 e. The van der Waals surface area contributed by atoms with Crippen LogP contribution in [0.3, 0.4) is 0 Å². The van der Waals surface area contributed by atoms with Crippen molar-refractivity contribution in [3.8, 4) is 0 Å². The number of carbonyl (C=O) groups excluding carboxylic acids is 1. The van der Waals surface area contributed by atoms with Crippen LogP contribution in [0.2, 0.25) is 0 Å². The number of rotatable bonds is 4. The third kappa shape index (κ3) is 3.20. The zero-order chi connectivity index (χ0) is 13.8. The molecule has 19 heavy (non-hydrogen) atoms. The first-order chi connectivity index (χ1) is 9.09. The zero-order valence-electron chi connectivity index (χ0n) is 10.7. The molecule has 6 heteroatoms. The van der Waals surface area contributed by atoms with Gasteiger partial charge in [-0.1, -0.05) is 19.9 Å². The second-order valence-electron chi connectivity index (χ2n) is 4.54. The summed E-state index contributed by atoms with van der Waals surface area (Å²) in [5, 5.41) is 9.46. The summed E-state index contributed by atoms with van der Waals surface area (Å²) in [6.45, 7) is 4.09. The Hall–Kier alpha value is -1.69. The second-order valence-corrected chi connectivity index (χ2v) is 5.40. The fourth-order valence-corrected chi connectivity index (χ4v) is 2.16. The quantitative estimate of drug-likeness (QED) is 0.909. The van der Waals surface area contributed by atoms with E-state index in [9.17, 15) is 4.79 Å². The molecule has 0 aromatic carbocycles. The van der Waals surface area contributed by atoms with Gasteiger partial charge in [0.1, 0.15) is 5.69 Å². The number of nitrogens with one attached hydrogen (secondary N) is 2. The average molecular weight is 323 g/mol. The highest BCUT2D eigenvalue weighted by molar-refractivity contribution is 9.10. The molecule has 0 bridgehead atoms. The van der Waals surface area contributed by atoms with E-state index in [1.165, 1.54) is 0 Å². The molecule has 2 aromatic rings. The Bertz CT molecular complexity index is 553. The van der Waals surface area contributed by atoms with E-state index in [-0.39, 0.29) is 17.9 Å². The Labute approximate surface area is 120 Å². The van der Waals surface area contributed by atoms with E-state index in [1.54, 1.807) is 12.4 Å². The Morgan fingerprint density at radius 2 is 2.21 bits per heavy atom. The Balaban J connectivity index is 2.19. The van der Waals surface area contributed by atoms with Gasteiger partial charge in [0.05, 0.1) is 22.4 Å². The van der Waals surface area contributed by atoms with Gasteiger partial charge in [-0.25, -0.2) is 0 Å². The molecule has 2 heterocycles. The van der Waals surface area contributed by atoms with Crippen LogP contribution in [0, 0.1) is 5.92 Å². The van der Waals surface area contributed by atoms with Crippen LogP contribution in [0.1, 0.15) is 36.1 Å². The van der Waals surface area contributed by atoms with Gasteiger partial charge in [0.15, 0.2) is 0 Å². The van der Waals surface area contributed by atoms with E-state index in [0.29, 0.717) is 10.2 Å². The summed E-state index contributed by atoms with van der Waals surface area (Å²) in [5.74, 6) is 0.0364. The van der Waals surface area contributed by atoms with Crippen molar-refractivity contribution in [2.24, 2.45) is 5.92 Å². The zero-order valence-corrected chi connectivity index (χ0v) is 12.3. The minimum absolute atomic E-state index is 0.135. The highest BCUT2D eigenvalue weighted by Gasteiger charge is 2.21. The molecule has 0 saturated carbocycles. The topological polar surface area (TPSA) is 70.7 Å². The molecule has 0 spiro atoms. The predicted octanol–water partition coefficient (Wildman–Crippen LogP) is 2.69.